The van der Waals surface area contributed by atoms with E-state index in [1.807, 2.05) is 0 Å². The van der Waals surface area contributed by atoms with Gasteiger partial charge in [-0.05, 0) is 12.8 Å². The van der Waals surface area contributed by atoms with E-state index in [-0.39, 0.29) is 5.03 Å². The van der Waals surface area contributed by atoms with E-state index in [4.69, 9.17) is 0 Å². The predicted octanol–water partition coefficient (Wildman–Crippen LogP) is 0.583. The molecule has 110 valence electrons. The molecule has 3 rings (SSSR count). The summed E-state index contributed by atoms with van der Waals surface area (Å²) in [5.41, 5.74) is 0. The molecule has 1 saturated heterocycles. The molecule has 9 heteroatoms. The molecule has 7 nitrogen and oxygen atoms in total. The van der Waals surface area contributed by atoms with E-state index < -0.39 is 16.1 Å². The Labute approximate surface area is 120 Å². The molecule has 1 aliphatic rings. The minimum Gasteiger partial charge on any atom is -0.393 e. The number of aliphatic hydroxyl groups is 1. The van der Waals surface area contributed by atoms with Crippen molar-refractivity contribution in [2.45, 2.75) is 24.0 Å². The first-order valence-corrected chi connectivity index (χ1v) is 8.67. The lowest BCUT2D eigenvalue weighted by atomic mass is 10.1. The molecule has 0 unspecified atom stereocenters. The average molecular weight is 316 g/mol. The third kappa shape index (κ3) is 2.10. The van der Waals surface area contributed by atoms with Gasteiger partial charge in [0.25, 0.3) is 10.0 Å². The lowest BCUT2D eigenvalue weighted by molar-refractivity contribution is 0.113. The van der Waals surface area contributed by atoms with Crippen molar-refractivity contribution in [2.75, 3.05) is 25.5 Å². The summed E-state index contributed by atoms with van der Waals surface area (Å²) in [6, 6.07) is 0. The van der Waals surface area contributed by atoms with Gasteiger partial charge in [-0.3, -0.25) is 4.40 Å². The van der Waals surface area contributed by atoms with Gasteiger partial charge >= 0.3 is 0 Å². The fourth-order valence-corrected chi connectivity index (χ4v) is 4.87. The molecule has 1 fully saturated rings. The highest BCUT2D eigenvalue weighted by Gasteiger charge is 2.34. The molecule has 2 N–H and O–H groups in total. The molecule has 0 atom stereocenters. The van der Waals surface area contributed by atoms with Crippen LogP contribution in [0.1, 0.15) is 12.8 Å². The number of hydrogen-bond acceptors (Lipinski definition) is 6. The normalized spacial score (nSPS) is 18.7. The first-order chi connectivity index (χ1) is 9.54. The Morgan fingerprint density at radius 3 is 2.80 bits per heavy atom. The molecular weight excluding hydrogens is 300 g/mol. The molecule has 3 heterocycles. The maximum Gasteiger partial charge on any atom is 0.262 e. The molecule has 0 aromatic carbocycles. The number of aromatic nitrogens is 2. The minimum absolute atomic E-state index is 0.174. The maximum atomic E-state index is 12.8. The smallest absolute Gasteiger partial charge is 0.262 e. The van der Waals surface area contributed by atoms with Crippen molar-refractivity contribution in [2.24, 2.45) is 0 Å². The molecule has 0 amide bonds. The van der Waals surface area contributed by atoms with Crippen LogP contribution < -0.4 is 5.32 Å². The van der Waals surface area contributed by atoms with E-state index in [2.05, 4.69) is 10.3 Å². The van der Waals surface area contributed by atoms with Crippen molar-refractivity contribution in [3.05, 3.63) is 11.6 Å². The second kappa shape index (κ2) is 4.99. The van der Waals surface area contributed by atoms with Gasteiger partial charge in [0, 0.05) is 31.7 Å². The van der Waals surface area contributed by atoms with E-state index >= 15 is 0 Å². The number of imidazole rings is 1. The largest absolute Gasteiger partial charge is 0.393 e. The predicted molar refractivity (Wildman–Crippen MR) is 76.6 cm³/mol. The third-order valence-electron chi connectivity index (χ3n) is 3.46. The third-order valence-corrected chi connectivity index (χ3v) is 6.14. The fourth-order valence-electron chi connectivity index (χ4n) is 2.38. The Morgan fingerprint density at radius 1 is 1.45 bits per heavy atom. The van der Waals surface area contributed by atoms with Gasteiger partial charge in [-0.15, -0.1) is 11.3 Å². The summed E-state index contributed by atoms with van der Waals surface area (Å²) < 4.78 is 28.6. The summed E-state index contributed by atoms with van der Waals surface area (Å²) >= 11 is 1.39. The number of rotatable bonds is 3. The SMILES string of the molecule is CNc1nc2sccn2c1S(=O)(=O)N1CCC(O)CC1. The summed E-state index contributed by atoms with van der Waals surface area (Å²) in [5, 5.41) is 14.3. The molecule has 0 bridgehead atoms. The number of thiazole rings is 1. The van der Waals surface area contributed by atoms with Gasteiger partial charge in [0.05, 0.1) is 6.10 Å². The van der Waals surface area contributed by atoms with Crippen LogP contribution in [-0.4, -0.2) is 53.5 Å². The monoisotopic (exact) mass is 316 g/mol. The van der Waals surface area contributed by atoms with E-state index in [0.717, 1.165) is 0 Å². The highest BCUT2D eigenvalue weighted by atomic mass is 32.2. The number of nitrogens with zero attached hydrogens (tertiary/aromatic N) is 3. The molecule has 0 aliphatic carbocycles. The standard InChI is InChI=1S/C11H16N4O3S2/c1-12-9-10(15-6-7-19-11(15)13-9)20(17,18)14-4-2-8(16)3-5-14/h6-8,12,16H,2-5H2,1H3. The van der Waals surface area contributed by atoms with Crippen molar-refractivity contribution >= 4 is 32.1 Å². The topological polar surface area (TPSA) is 86.9 Å². The molecule has 20 heavy (non-hydrogen) atoms. The number of nitrogens with one attached hydrogen (secondary N) is 1. The number of hydrogen-bond donors (Lipinski definition) is 2. The summed E-state index contributed by atoms with van der Waals surface area (Å²) in [6.07, 6.45) is 2.25. The Morgan fingerprint density at radius 2 is 2.15 bits per heavy atom. The number of aliphatic hydroxyl groups excluding tert-OH is 1. The van der Waals surface area contributed by atoms with Crippen molar-refractivity contribution in [3.63, 3.8) is 0 Å². The molecule has 0 radical (unpaired) electrons. The van der Waals surface area contributed by atoms with Crippen LogP contribution in [0.15, 0.2) is 16.6 Å². The number of fused-ring (bicyclic) bond motifs is 1. The van der Waals surface area contributed by atoms with Gasteiger partial charge < -0.3 is 10.4 Å². The first-order valence-electron chi connectivity index (χ1n) is 6.35. The van der Waals surface area contributed by atoms with Crippen LogP contribution in [0.2, 0.25) is 0 Å². The van der Waals surface area contributed by atoms with E-state index in [0.29, 0.717) is 36.7 Å². The van der Waals surface area contributed by atoms with Crippen LogP contribution in [0.4, 0.5) is 5.82 Å². The average Bonchev–Trinajstić information content (AvgIpc) is 2.98. The molecular formula is C11H16N4O3S2. The summed E-state index contributed by atoms with van der Waals surface area (Å²) in [7, 11) is -1.96. The molecule has 0 spiro atoms. The number of sulfonamides is 1. The van der Waals surface area contributed by atoms with Crippen LogP contribution in [-0.2, 0) is 10.0 Å². The number of anilines is 1. The van der Waals surface area contributed by atoms with Crippen molar-refractivity contribution < 1.29 is 13.5 Å². The van der Waals surface area contributed by atoms with Crippen molar-refractivity contribution in [1.82, 2.24) is 13.7 Å². The van der Waals surface area contributed by atoms with Gasteiger partial charge in [-0.2, -0.15) is 4.31 Å². The first kappa shape index (κ1) is 13.8. The zero-order valence-corrected chi connectivity index (χ0v) is 12.6. The minimum atomic E-state index is -3.61. The molecule has 1 aliphatic heterocycles. The van der Waals surface area contributed by atoms with E-state index in [1.54, 1.807) is 23.0 Å². The molecule has 0 saturated carbocycles. The van der Waals surface area contributed by atoms with Gasteiger partial charge in [0.2, 0.25) is 0 Å². The van der Waals surface area contributed by atoms with Gasteiger partial charge in [0.15, 0.2) is 15.8 Å². The molecule has 2 aromatic rings. The second-order valence-corrected chi connectivity index (χ2v) is 7.43. The maximum absolute atomic E-state index is 12.8. The van der Waals surface area contributed by atoms with Crippen molar-refractivity contribution in [1.29, 1.82) is 0 Å². The van der Waals surface area contributed by atoms with Crippen LogP contribution in [0.5, 0.6) is 0 Å². The van der Waals surface area contributed by atoms with Gasteiger partial charge in [-0.1, -0.05) is 0 Å². The fraction of sp³-hybridized carbons (Fsp3) is 0.545. The summed E-state index contributed by atoms with van der Waals surface area (Å²) in [4.78, 5) is 4.93. The van der Waals surface area contributed by atoms with Gasteiger partial charge in [-0.25, -0.2) is 13.4 Å². The summed E-state index contributed by atoms with van der Waals surface area (Å²) in [6.45, 7) is 0.675. The molecule has 2 aromatic heterocycles. The Bertz CT molecular complexity index is 713. The quantitative estimate of drug-likeness (QED) is 0.865. The Hall–Kier alpha value is -1.16. The zero-order valence-electron chi connectivity index (χ0n) is 11.0. The van der Waals surface area contributed by atoms with Crippen LogP contribution in [0, 0.1) is 0 Å². The highest BCUT2D eigenvalue weighted by Crippen LogP contribution is 2.29. The number of piperidine rings is 1. The Kier molecular flexibility index (Phi) is 3.44. The lowest BCUT2D eigenvalue weighted by Crippen LogP contribution is -2.40. The van der Waals surface area contributed by atoms with Crippen LogP contribution in [0.25, 0.3) is 4.96 Å². The van der Waals surface area contributed by atoms with Gasteiger partial charge in [0.1, 0.15) is 0 Å². The highest BCUT2D eigenvalue weighted by molar-refractivity contribution is 7.89. The lowest BCUT2D eigenvalue weighted by Gasteiger charge is -2.28. The summed E-state index contributed by atoms with van der Waals surface area (Å²) in [5.74, 6) is 0.364. The Balaban J connectivity index is 2.06. The van der Waals surface area contributed by atoms with Crippen LogP contribution >= 0.6 is 11.3 Å². The van der Waals surface area contributed by atoms with E-state index in [9.17, 15) is 13.5 Å². The zero-order chi connectivity index (χ0) is 14.3. The second-order valence-electron chi connectivity index (χ2n) is 4.71. The van der Waals surface area contributed by atoms with Crippen LogP contribution in [0.3, 0.4) is 0 Å². The van der Waals surface area contributed by atoms with E-state index in [1.165, 1.54) is 15.6 Å². The van der Waals surface area contributed by atoms with Crippen molar-refractivity contribution in [3.8, 4) is 0 Å².